The molecule has 1 unspecified atom stereocenters. The molecule has 0 radical (unpaired) electrons. The fourth-order valence-electron chi connectivity index (χ4n) is 3.41. The lowest BCUT2D eigenvalue weighted by molar-refractivity contribution is -0.129. The minimum atomic E-state index is -2.94. The molecule has 7 nitrogen and oxygen atoms in total. The van der Waals surface area contributed by atoms with Crippen LogP contribution in [0.5, 0.6) is 0 Å². The summed E-state index contributed by atoms with van der Waals surface area (Å²) >= 11 is 0. The highest BCUT2D eigenvalue weighted by atomic mass is 19.3. The quantitative estimate of drug-likeness (QED) is 0.642. The van der Waals surface area contributed by atoms with E-state index in [1.165, 1.54) is 31.7 Å². The van der Waals surface area contributed by atoms with Gasteiger partial charge in [-0.15, -0.1) is 0 Å². The average molecular weight is 430 g/mol. The number of nitrogens with two attached hydrogens (primary N) is 1. The van der Waals surface area contributed by atoms with E-state index < -0.39 is 35.2 Å². The van der Waals surface area contributed by atoms with Crippen LogP contribution in [0.15, 0.2) is 54.0 Å². The van der Waals surface area contributed by atoms with Gasteiger partial charge in [-0.1, -0.05) is 0 Å². The maximum atomic E-state index is 15.1. The summed E-state index contributed by atoms with van der Waals surface area (Å²) < 4.78 is 56.2. The lowest BCUT2D eigenvalue weighted by Gasteiger charge is -2.27. The lowest BCUT2D eigenvalue weighted by Crippen LogP contribution is -2.41. The van der Waals surface area contributed by atoms with Crippen molar-refractivity contribution < 1.29 is 22.4 Å². The number of carbonyl (C=O) groups is 1. The average Bonchev–Trinajstić information content (AvgIpc) is 2.99. The number of pyridine rings is 1. The van der Waals surface area contributed by atoms with Gasteiger partial charge in [0.05, 0.1) is 11.9 Å². The molecule has 0 saturated heterocycles. The van der Waals surface area contributed by atoms with Crippen molar-refractivity contribution >= 4 is 11.9 Å². The predicted molar refractivity (Wildman–Crippen MR) is 102 cm³/mol. The normalized spacial score (nSPS) is 18.6. The number of rotatable bonds is 4. The molecule has 0 spiro atoms. The first-order chi connectivity index (χ1) is 14.8. The first-order valence-electron chi connectivity index (χ1n) is 8.89. The number of aliphatic imine (C=N–C) groups is 1. The molecule has 1 aromatic carbocycles. The summed E-state index contributed by atoms with van der Waals surface area (Å²) in [4.78, 5) is 29.8. The molecule has 158 valence electrons. The molecule has 3 aromatic rings. The highest BCUT2D eigenvalue weighted by Gasteiger charge is 2.51. The first-order valence-corrected chi connectivity index (χ1v) is 8.89. The fraction of sp³-hybridized carbons (Fsp3) is 0.150. The second-order valence-corrected chi connectivity index (χ2v) is 6.72. The zero-order chi connectivity index (χ0) is 22.3. The number of alkyl halides is 2. The second kappa shape index (κ2) is 7.42. The van der Waals surface area contributed by atoms with Crippen molar-refractivity contribution in [3.63, 3.8) is 0 Å². The van der Waals surface area contributed by atoms with E-state index in [2.05, 4.69) is 19.9 Å². The minimum Gasteiger partial charge on any atom is -0.369 e. The lowest BCUT2D eigenvalue weighted by atomic mass is 9.81. The zero-order valence-electron chi connectivity index (χ0n) is 15.9. The van der Waals surface area contributed by atoms with Gasteiger partial charge in [0.15, 0.2) is 11.5 Å². The van der Waals surface area contributed by atoms with Crippen LogP contribution >= 0.6 is 0 Å². The maximum absolute atomic E-state index is 15.1. The molecule has 11 heteroatoms. The molecule has 1 aliphatic heterocycles. The number of aromatic nitrogens is 3. The van der Waals surface area contributed by atoms with E-state index in [-0.39, 0.29) is 28.3 Å². The van der Waals surface area contributed by atoms with Crippen LogP contribution in [-0.4, -0.2) is 38.8 Å². The minimum absolute atomic E-state index is 0.0788. The Labute approximate surface area is 173 Å². The number of amides is 1. The summed E-state index contributed by atoms with van der Waals surface area (Å²) in [6, 6.07) is 3.84. The summed E-state index contributed by atoms with van der Waals surface area (Å²) in [5, 5.41) is 0. The van der Waals surface area contributed by atoms with Crippen molar-refractivity contribution in [2.24, 2.45) is 10.7 Å². The van der Waals surface area contributed by atoms with Crippen LogP contribution in [-0.2, 0) is 10.3 Å². The smallest absolute Gasteiger partial charge is 0.280 e. The van der Waals surface area contributed by atoms with E-state index in [0.717, 1.165) is 23.2 Å². The molecular weight excluding hydrogens is 416 g/mol. The standard InChI is InChI=1S/C20H14F4N6O/c1-30-18(31)20(29-19(30)25,10-2-3-27-15(6-10)17(23)24)12-7-11(13(21)8-14(12)22)16-9-26-4-5-28-16/h2-9,17H,1H3,(H2,25,29). The van der Waals surface area contributed by atoms with Gasteiger partial charge in [0.2, 0.25) is 0 Å². The van der Waals surface area contributed by atoms with Crippen molar-refractivity contribution in [2.45, 2.75) is 12.0 Å². The first kappa shape index (κ1) is 20.4. The SMILES string of the molecule is CN1C(=O)C(c2ccnc(C(F)F)c2)(c2cc(-c3cnccn3)c(F)cc2F)N=C1N. The van der Waals surface area contributed by atoms with Crippen LogP contribution in [0.4, 0.5) is 17.6 Å². The summed E-state index contributed by atoms with van der Waals surface area (Å²) in [7, 11) is 1.31. The van der Waals surface area contributed by atoms with E-state index in [1.54, 1.807) is 0 Å². The number of guanidine groups is 1. The number of benzene rings is 1. The summed E-state index contributed by atoms with van der Waals surface area (Å²) in [5.74, 6) is -3.12. The molecule has 1 atom stereocenters. The third-order valence-corrected chi connectivity index (χ3v) is 4.95. The number of hydrogen-bond donors (Lipinski definition) is 1. The Kier molecular flexibility index (Phi) is 4.88. The van der Waals surface area contributed by atoms with Gasteiger partial charge in [0, 0.05) is 42.8 Å². The zero-order valence-corrected chi connectivity index (χ0v) is 15.9. The van der Waals surface area contributed by atoms with Crippen molar-refractivity contribution in [1.29, 1.82) is 0 Å². The van der Waals surface area contributed by atoms with Crippen LogP contribution in [0.25, 0.3) is 11.3 Å². The molecule has 2 N–H and O–H groups in total. The predicted octanol–water partition coefficient (Wildman–Crippen LogP) is 2.78. The molecule has 0 saturated carbocycles. The highest BCUT2D eigenvalue weighted by molar-refractivity contribution is 6.09. The van der Waals surface area contributed by atoms with E-state index in [1.807, 2.05) is 0 Å². The van der Waals surface area contributed by atoms with Gasteiger partial charge in [-0.25, -0.2) is 22.6 Å². The monoisotopic (exact) mass is 430 g/mol. The van der Waals surface area contributed by atoms with E-state index in [4.69, 9.17) is 5.73 Å². The third-order valence-electron chi connectivity index (χ3n) is 4.95. The third kappa shape index (κ3) is 3.18. The number of carbonyl (C=O) groups excluding carboxylic acids is 1. The Morgan fingerprint density at radius 2 is 1.84 bits per heavy atom. The van der Waals surface area contributed by atoms with Crippen LogP contribution in [0.3, 0.4) is 0 Å². The van der Waals surface area contributed by atoms with Crippen LogP contribution in [0, 0.1) is 11.6 Å². The van der Waals surface area contributed by atoms with Gasteiger partial charge in [-0.2, -0.15) is 0 Å². The molecule has 31 heavy (non-hydrogen) atoms. The van der Waals surface area contributed by atoms with Crippen molar-refractivity contribution in [3.05, 3.63) is 77.5 Å². The maximum Gasteiger partial charge on any atom is 0.280 e. The van der Waals surface area contributed by atoms with Gasteiger partial charge in [-0.05, 0) is 23.8 Å². The summed E-state index contributed by atoms with van der Waals surface area (Å²) in [6.07, 6.45) is 2.06. The van der Waals surface area contributed by atoms with Gasteiger partial charge < -0.3 is 5.73 Å². The second-order valence-electron chi connectivity index (χ2n) is 6.72. The Morgan fingerprint density at radius 3 is 2.45 bits per heavy atom. The highest BCUT2D eigenvalue weighted by Crippen LogP contribution is 2.42. The molecule has 1 aliphatic rings. The fourth-order valence-corrected chi connectivity index (χ4v) is 3.41. The number of likely N-dealkylation sites (N-methyl/N-ethyl adjacent to an activating group) is 1. The Hall–Kier alpha value is -3.89. The molecule has 4 rings (SSSR count). The van der Waals surface area contributed by atoms with Gasteiger partial charge in [0.1, 0.15) is 17.3 Å². The van der Waals surface area contributed by atoms with Crippen LogP contribution in [0.2, 0.25) is 0 Å². The molecule has 1 amide bonds. The van der Waals surface area contributed by atoms with E-state index in [0.29, 0.717) is 6.07 Å². The van der Waals surface area contributed by atoms with Gasteiger partial charge in [0.25, 0.3) is 12.3 Å². The van der Waals surface area contributed by atoms with Crippen molar-refractivity contribution in [2.75, 3.05) is 7.05 Å². The number of halogens is 4. The van der Waals surface area contributed by atoms with E-state index in [9.17, 15) is 18.0 Å². The summed E-state index contributed by atoms with van der Waals surface area (Å²) in [5.41, 5.74) is 2.49. The number of hydrogen-bond acceptors (Lipinski definition) is 6. The van der Waals surface area contributed by atoms with Crippen molar-refractivity contribution in [1.82, 2.24) is 19.9 Å². The van der Waals surface area contributed by atoms with Crippen LogP contribution < -0.4 is 5.73 Å². The molecule has 0 aliphatic carbocycles. The molecule has 0 fully saturated rings. The Morgan fingerprint density at radius 1 is 1.06 bits per heavy atom. The molecular formula is C20H14F4N6O. The van der Waals surface area contributed by atoms with E-state index >= 15 is 4.39 Å². The Bertz CT molecular complexity index is 1200. The largest absolute Gasteiger partial charge is 0.369 e. The molecule has 0 bridgehead atoms. The molecule has 3 heterocycles. The van der Waals surface area contributed by atoms with Gasteiger partial charge in [-0.3, -0.25) is 24.6 Å². The molecule has 2 aromatic heterocycles. The van der Waals surface area contributed by atoms with Crippen molar-refractivity contribution in [3.8, 4) is 11.3 Å². The topological polar surface area (TPSA) is 97.4 Å². The summed E-state index contributed by atoms with van der Waals surface area (Å²) in [6.45, 7) is 0. The van der Waals surface area contributed by atoms with Crippen LogP contribution in [0.1, 0.15) is 23.2 Å². The van der Waals surface area contributed by atoms with Gasteiger partial charge >= 0.3 is 0 Å². The Balaban J connectivity index is 2.03. The number of nitrogens with zero attached hydrogens (tertiary/aromatic N) is 5.